The van der Waals surface area contributed by atoms with Crippen LogP contribution in [-0.2, 0) is 18.9 Å². The van der Waals surface area contributed by atoms with E-state index in [0.29, 0.717) is 42.7 Å². The number of carbonyl (C=O) groups excluding carboxylic acids is 3. The monoisotopic (exact) mass is 502 g/mol. The maximum Gasteiger partial charge on any atom is 0.524 e. The molecule has 3 rings (SSSR count). The molecule has 1 aliphatic rings. The number of hydrogen-bond donors (Lipinski definition) is 3. The van der Waals surface area contributed by atoms with E-state index in [9.17, 15) is 18.9 Å². The maximum absolute atomic E-state index is 13.0. The molecule has 1 heterocycles. The molecule has 35 heavy (non-hydrogen) atoms. The SMILES string of the molecule is C/C(=C\C(=O)NC1CCCCN(CC(=O)Oc2ccccc2)C1=O)c1ccc(OP(=O)(O)O)cc1. The number of likely N-dealkylation sites (tertiary alicyclic amines) is 1. The first-order valence-electron chi connectivity index (χ1n) is 11.0. The zero-order chi connectivity index (χ0) is 25.4. The first kappa shape index (κ1) is 26.2. The third kappa shape index (κ3) is 8.36. The number of allylic oxidation sites excluding steroid dienone is 1. The predicted octanol–water partition coefficient (Wildman–Crippen LogP) is 2.66. The van der Waals surface area contributed by atoms with Crippen LogP contribution < -0.4 is 14.6 Å². The van der Waals surface area contributed by atoms with Crippen LogP contribution in [0, 0.1) is 0 Å². The minimum absolute atomic E-state index is 0.00531. The fraction of sp³-hybridized carbons (Fsp3) is 0.292. The fourth-order valence-corrected chi connectivity index (χ4v) is 4.01. The Balaban J connectivity index is 1.59. The third-order valence-corrected chi connectivity index (χ3v) is 5.72. The van der Waals surface area contributed by atoms with Crippen LogP contribution in [0.25, 0.3) is 5.57 Å². The number of benzene rings is 2. The van der Waals surface area contributed by atoms with Crippen LogP contribution in [0.4, 0.5) is 0 Å². The van der Waals surface area contributed by atoms with Gasteiger partial charge in [-0.25, -0.2) is 9.36 Å². The molecule has 2 amide bonds. The Hall–Kier alpha value is -3.46. The highest BCUT2D eigenvalue weighted by atomic mass is 31.2. The van der Waals surface area contributed by atoms with Gasteiger partial charge in [0.2, 0.25) is 11.8 Å². The molecule has 1 saturated heterocycles. The van der Waals surface area contributed by atoms with E-state index < -0.39 is 25.7 Å². The molecule has 2 aromatic carbocycles. The van der Waals surface area contributed by atoms with E-state index in [1.165, 1.54) is 23.1 Å². The van der Waals surface area contributed by atoms with Gasteiger partial charge in [0, 0.05) is 12.6 Å². The van der Waals surface area contributed by atoms with Crippen LogP contribution in [0.2, 0.25) is 0 Å². The van der Waals surface area contributed by atoms with Gasteiger partial charge in [0.1, 0.15) is 24.1 Å². The summed E-state index contributed by atoms with van der Waals surface area (Å²) in [6.45, 7) is 1.88. The summed E-state index contributed by atoms with van der Waals surface area (Å²) in [6, 6.07) is 13.7. The van der Waals surface area contributed by atoms with Gasteiger partial charge < -0.3 is 19.5 Å². The highest BCUT2D eigenvalue weighted by Crippen LogP contribution is 2.37. The second-order valence-electron chi connectivity index (χ2n) is 8.04. The number of esters is 1. The summed E-state index contributed by atoms with van der Waals surface area (Å²) in [6.07, 6.45) is 3.21. The molecular weight excluding hydrogens is 475 g/mol. The van der Waals surface area contributed by atoms with E-state index in [1.807, 2.05) is 0 Å². The molecule has 0 spiro atoms. The van der Waals surface area contributed by atoms with Crippen LogP contribution in [0.5, 0.6) is 11.5 Å². The maximum atomic E-state index is 13.0. The Labute approximate surface area is 202 Å². The van der Waals surface area contributed by atoms with E-state index in [2.05, 4.69) is 9.84 Å². The van der Waals surface area contributed by atoms with Crippen molar-refractivity contribution in [2.75, 3.05) is 13.1 Å². The molecule has 186 valence electrons. The lowest BCUT2D eigenvalue weighted by Crippen LogP contribution is -2.48. The number of nitrogens with zero attached hydrogens (tertiary/aromatic N) is 1. The van der Waals surface area contributed by atoms with Crippen molar-refractivity contribution in [3.8, 4) is 11.5 Å². The fourth-order valence-electron chi connectivity index (χ4n) is 3.61. The van der Waals surface area contributed by atoms with E-state index >= 15 is 0 Å². The van der Waals surface area contributed by atoms with Crippen molar-refractivity contribution in [3.63, 3.8) is 0 Å². The van der Waals surface area contributed by atoms with Crippen LogP contribution >= 0.6 is 7.82 Å². The minimum atomic E-state index is -4.65. The molecule has 0 aliphatic carbocycles. The molecule has 1 aliphatic heterocycles. The summed E-state index contributed by atoms with van der Waals surface area (Å²) in [5.74, 6) is -0.977. The summed E-state index contributed by atoms with van der Waals surface area (Å²) in [7, 11) is -4.65. The van der Waals surface area contributed by atoms with E-state index in [4.69, 9.17) is 14.5 Å². The lowest BCUT2D eigenvalue weighted by atomic mass is 10.1. The van der Waals surface area contributed by atoms with Gasteiger partial charge in [-0.1, -0.05) is 30.3 Å². The lowest BCUT2D eigenvalue weighted by molar-refractivity contribution is -0.143. The van der Waals surface area contributed by atoms with E-state index in [1.54, 1.807) is 49.4 Å². The van der Waals surface area contributed by atoms with Gasteiger partial charge in [-0.2, -0.15) is 0 Å². The summed E-state index contributed by atoms with van der Waals surface area (Å²) in [5.41, 5.74) is 1.21. The predicted molar refractivity (Wildman–Crippen MR) is 127 cm³/mol. The number of phosphoric ester groups is 1. The number of carbonyl (C=O) groups is 3. The molecule has 0 aromatic heterocycles. The number of rotatable bonds is 8. The molecule has 11 heteroatoms. The topological polar surface area (TPSA) is 142 Å². The quantitative estimate of drug-likeness (QED) is 0.216. The number of phosphoric acid groups is 1. The first-order valence-corrected chi connectivity index (χ1v) is 12.5. The molecule has 2 aromatic rings. The van der Waals surface area contributed by atoms with Crippen LogP contribution in [0.1, 0.15) is 31.7 Å². The van der Waals surface area contributed by atoms with E-state index in [0.717, 1.165) is 0 Å². The van der Waals surface area contributed by atoms with Crippen molar-refractivity contribution in [1.29, 1.82) is 0 Å². The van der Waals surface area contributed by atoms with Gasteiger partial charge >= 0.3 is 13.8 Å². The molecule has 1 atom stereocenters. The van der Waals surface area contributed by atoms with Crippen molar-refractivity contribution in [2.45, 2.75) is 32.2 Å². The van der Waals surface area contributed by atoms with Crippen molar-refractivity contribution >= 4 is 31.2 Å². The molecule has 10 nitrogen and oxygen atoms in total. The van der Waals surface area contributed by atoms with Gasteiger partial charge in [0.15, 0.2) is 0 Å². The van der Waals surface area contributed by atoms with E-state index in [-0.39, 0.29) is 18.2 Å². The molecule has 0 bridgehead atoms. The van der Waals surface area contributed by atoms with Gasteiger partial charge in [0.25, 0.3) is 0 Å². The first-order chi connectivity index (χ1) is 16.6. The molecule has 0 radical (unpaired) electrons. The van der Waals surface area contributed by atoms with Crippen molar-refractivity contribution in [1.82, 2.24) is 10.2 Å². The summed E-state index contributed by atoms with van der Waals surface area (Å²) in [4.78, 5) is 57.0. The Morgan fingerprint density at radius 3 is 2.43 bits per heavy atom. The largest absolute Gasteiger partial charge is 0.524 e. The third-order valence-electron chi connectivity index (χ3n) is 5.27. The van der Waals surface area contributed by atoms with Crippen molar-refractivity contribution in [3.05, 3.63) is 66.2 Å². The smallest absolute Gasteiger partial charge is 0.425 e. The Bertz CT molecular complexity index is 1130. The zero-order valence-electron chi connectivity index (χ0n) is 19.1. The normalized spacial score (nSPS) is 16.9. The van der Waals surface area contributed by atoms with Crippen LogP contribution in [0.15, 0.2) is 60.7 Å². The van der Waals surface area contributed by atoms with Crippen LogP contribution in [0.3, 0.4) is 0 Å². The Morgan fingerprint density at radius 1 is 1.09 bits per heavy atom. The number of amides is 2. The molecular formula is C24H27N2O8P. The standard InChI is InChI=1S/C24H27N2O8P/c1-17(18-10-12-20(13-11-18)34-35(30,31)32)15-22(27)25-21-9-5-6-14-26(24(21)29)16-23(28)33-19-7-3-2-4-8-19/h2-4,7-8,10-13,15,21H,5-6,9,14,16H2,1H3,(H,25,27)(H2,30,31,32)/b17-15+. The number of ether oxygens (including phenoxy) is 1. The molecule has 1 fully saturated rings. The number of nitrogens with one attached hydrogen (secondary N) is 1. The van der Waals surface area contributed by atoms with Crippen LogP contribution in [-0.4, -0.2) is 51.6 Å². The average Bonchev–Trinajstić information content (AvgIpc) is 2.95. The summed E-state index contributed by atoms with van der Waals surface area (Å²) >= 11 is 0. The van der Waals surface area contributed by atoms with Gasteiger partial charge in [-0.05, 0) is 61.6 Å². The van der Waals surface area contributed by atoms with Crippen molar-refractivity contribution in [2.24, 2.45) is 0 Å². The second kappa shape index (κ2) is 11.8. The Morgan fingerprint density at radius 2 is 1.77 bits per heavy atom. The second-order valence-corrected chi connectivity index (χ2v) is 9.20. The highest BCUT2D eigenvalue weighted by Gasteiger charge is 2.29. The summed E-state index contributed by atoms with van der Waals surface area (Å²) < 4.78 is 20.7. The minimum Gasteiger partial charge on any atom is -0.425 e. The van der Waals surface area contributed by atoms with Gasteiger partial charge in [0.05, 0.1) is 0 Å². The zero-order valence-corrected chi connectivity index (χ0v) is 20.0. The highest BCUT2D eigenvalue weighted by molar-refractivity contribution is 7.46. The average molecular weight is 502 g/mol. The summed E-state index contributed by atoms with van der Waals surface area (Å²) in [5, 5.41) is 2.72. The van der Waals surface area contributed by atoms with Crippen molar-refractivity contribution < 1.29 is 38.0 Å². The molecule has 0 saturated carbocycles. The molecule has 3 N–H and O–H groups in total. The number of hydrogen-bond acceptors (Lipinski definition) is 6. The number of para-hydroxylation sites is 1. The lowest BCUT2D eigenvalue weighted by Gasteiger charge is -2.23. The Kier molecular flexibility index (Phi) is 8.81. The molecule has 1 unspecified atom stereocenters. The van der Waals surface area contributed by atoms with Gasteiger partial charge in [-0.15, -0.1) is 0 Å². The van der Waals surface area contributed by atoms with Gasteiger partial charge in [-0.3, -0.25) is 19.4 Å².